The van der Waals surface area contributed by atoms with Crippen LogP contribution in [0.2, 0.25) is 0 Å². The molecule has 0 spiro atoms. The van der Waals surface area contributed by atoms with Gasteiger partial charge in [0.1, 0.15) is 5.82 Å². The quantitative estimate of drug-likeness (QED) is 0.907. The molecule has 2 aromatic rings. The molecule has 0 fully saturated rings. The first-order chi connectivity index (χ1) is 8.55. The van der Waals surface area contributed by atoms with Crippen molar-refractivity contribution in [1.82, 2.24) is 20.0 Å². The van der Waals surface area contributed by atoms with Gasteiger partial charge in [-0.15, -0.1) is 5.10 Å². The SMILES string of the molecule is FC(F)(F)c1ccnc(NCCn2ccnn2)c1. The van der Waals surface area contributed by atoms with E-state index >= 15 is 0 Å². The molecular formula is C10H10F3N5. The Labute approximate surface area is 101 Å². The normalized spacial score (nSPS) is 11.5. The van der Waals surface area contributed by atoms with Crippen molar-refractivity contribution in [3.8, 4) is 0 Å². The molecule has 5 nitrogen and oxygen atoms in total. The Morgan fingerprint density at radius 1 is 1.28 bits per heavy atom. The molecular weight excluding hydrogens is 247 g/mol. The van der Waals surface area contributed by atoms with Crippen LogP contribution in [0.25, 0.3) is 0 Å². The van der Waals surface area contributed by atoms with Gasteiger partial charge in [0.2, 0.25) is 0 Å². The standard InChI is InChI=1S/C10H10F3N5/c11-10(12,13)8-1-2-14-9(7-8)15-3-5-18-6-4-16-17-18/h1-2,4,6-7H,3,5H2,(H,14,15). The summed E-state index contributed by atoms with van der Waals surface area (Å²) in [5.74, 6) is 0.185. The lowest BCUT2D eigenvalue weighted by Gasteiger charge is -2.09. The van der Waals surface area contributed by atoms with Gasteiger partial charge in [0.25, 0.3) is 0 Å². The van der Waals surface area contributed by atoms with Gasteiger partial charge >= 0.3 is 6.18 Å². The fraction of sp³-hybridized carbons (Fsp3) is 0.300. The van der Waals surface area contributed by atoms with Crippen LogP contribution in [-0.2, 0) is 12.7 Å². The fourth-order valence-electron chi connectivity index (χ4n) is 1.35. The molecule has 1 N–H and O–H groups in total. The summed E-state index contributed by atoms with van der Waals surface area (Å²) in [6.07, 6.45) is -0.0321. The van der Waals surface area contributed by atoms with E-state index in [0.717, 1.165) is 18.3 Å². The van der Waals surface area contributed by atoms with Crippen molar-refractivity contribution in [3.63, 3.8) is 0 Å². The van der Waals surface area contributed by atoms with Crippen LogP contribution in [0, 0.1) is 0 Å². The summed E-state index contributed by atoms with van der Waals surface area (Å²) in [4.78, 5) is 3.82. The molecule has 0 aliphatic rings. The molecule has 96 valence electrons. The average Bonchev–Trinajstić information content (AvgIpc) is 2.81. The van der Waals surface area contributed by atoms with E-state index in [9.17, 15) is 13.2 Å². The first kappa shape index (κ1) is 12.3. The summed E-state index contributed by atoms with van der Waals surface area (Å²) in [7, 11) is 0. The van der Waals surface area contributed by atoms with E-state index in [2.05, 4.69) is 20.6 Å². The summed E-state index contributed by atoms with van der Waals surface area (Å²) in [6.45, 7) is 0.912. The van der Waals surface area contributed by atoms with E-state index < -0.39 is 11.7 Å². The molecule has 0 saturated heterocycles. The number of hydrogen-bond acceptors (Lipinski definition) is 4. The van der Waals surface area contributed by atoms with Crippen molar-refractivity contribution in [2.24, 2.45) is 0 Å². The molecule has 0 radical (unpaired) electrons. The van der Waals surface area contributed by atoms with Crippen LogP contribution >= 0.6 is 0 Å². The van der Waals surface area contributed by atoms with Crippen molar-refractivity contribution in [1.29, 1.82) is 0 Å². The van der Waals surface area contributed by atoms with E-state index in [1.165, 1.54) is 6.20 Å². The number of anilines is 1. The Hall–Kier alpha value is -2.12. The highest BCUT2D eigenvalue weighted by atomic mass is 19.4. The number of alkyl halides is 3. The summed E-state index contributed by atoms with van der Waals surface area (Å²) in [5.41, 5.74) is -0.722. The van der Waals surface area contributed by atoms with Gasteiger partial charge in [-0.3, -0.25) is 4.68 Å². The van der Waals surface area contributed by atoms with Crippen LogP contribution in [0.1, 0.15) is 5.56 Å². The van der Waals surface area contributed by atoms with Gasteiger partial charge in [0.15, 0.2) is 0 Å². The van der Waals surface area contributed by atoms with E-state index in [0.29, 0.717) is 13.1 Å². The highest BCUT2D eigenvalue weighted by Gasteiger charge is 2.30. The van der Waals surface area contributed by atoms with E-state index in [4.69, 9.17) is 0 Å². The Kier molecular flexibility index (Phi) is 3.45. The number of rotatable bonds is 4. The topological polar surface area (TPSA) is 55.6 Å². The van der Waals surface area contributed by atoms with Crippen LogP contribution in [0.15, 0.2) is 30.7 Å². The van der Waals surface area contributed by atoms with Crippen molar-refractivity contribution < 1.29 is 13.2 Å². The lowest BCUT2D eigenvalue weighted by atomic mass is 10.2. The fourth-order valence-corrected chi connectivity index (χ4v) is 1.35. The number of nitrogens with one attached hydrogen (secondary N) is 1. The van der Waals surface area contributed by atoms with Gasteiger partial charge in [0, 0.05) is 18.9 Å². The van der Waals surface area contributed by atoms with Crippen molar-refractivity contribution in [2.75, 3.05) is 11.9 Å². The van der Waals surface area contributed by atoms with Gasteiger partial charge in [-0.25, -0.2) is 4.98 Å². The van der Waals surface area contributed by atoms with Crippen LogP contribution in [0.5, 0.6) is 0 Å². The average molecular weight is 257 g/mol. The minimum Gasteiger partial charge on any atom is -0.368 e. The largest absolute Gasteiger partial charge is 0.416 e. The van der Waals surface area contributed by atoms with Gasteiger partial charge in [0.05, 0.1) is 18.3 Å². The van der Waals surface area contributed by atoms with Crippen molar-refractivity contribution in [3.05, 3.63) is 36.3 Å². The third-order valence-corrected chi connectivity index (χ3v) is 2.21. The van der Waals surface area contributed by atoms with Crippen molar-refractivity contribution in [2.45, 2.75) is 12.7 Å². The summed E-state index contributed by atoms with van der Waals surface area (Å²) < 4.78 is 38.9. The molecule has 2 heterocycles. The maximum atomic E-state index is 12.4. The number of hydrogen-bond donors (Lipinski definition) is 1. The molecule has 8 heteroatoms. The maximum absolute atomic E-state index is 12.4. The molecule has 0 aromatic carbocycles. The molecule has 2 rings (SSSR count). The number of halogens is 3. The van der Waals surface area contributed by atoms with Gasteiger partial charge in [-0.2, -0.15) is 13.2 Å². The minimum absolute atomic E-state index is 0.185. The maximum Gasteiger partial charge on any atom is 0.416 e. The first-order valence-corrected chi connectivity index (χ1v) is 5.17. The smallest absolute Gasteiger partial charge is 0.368 e. The van der Waals surface area contributed by atoms with Crippen molar-refractivity contribution >= 4 is 5.82 Å². The van der Waals surface area contributed by atoms with Gasteiger partial charge < -0.3 is 5.32 Å². The summed E-state index contributed by atoms with van der Waals surface area (Å²) in [6, 6.07) is 1.91. The van der Waals surface area contributed by atoms with Crippen LogP contribution in [0.3, 0.4) is 0 Å². The highest BCUT2D eigenvalue weighted by molar-refractivity contribution is 5.38. The lowest BCUT2D eigenvalue weighted by molar-refractivity contribution is -0.137. The van der Waals surface area contributed by atoms with E-state index in [-0.39, 0.29) is 5.82 Å². The molecule has 0 aliphatic carbocycles. The molecule has 2 aromatic heterocycles. The molecule has 0 bridgehead atoms. The lowest BCUT2D eigenvalue weighted by Crippen LogP contribution is -2.13. The van der Waals surface area contributed by atoms with Gasteiger partial charge in [-0.1, -0.05) is 5.21 Å². The molecule has 0 atom stereocenters. The second-order valence-corrected chi connectivity index (χ2v) is 3.52. The molecule has 18 heavy (non-hydrogen) atoms. The van der Waals surface area contributed by atoms with Gasteiger partial charge in [-0.05, 0) is 12.1 Å². The first-order valence-electron chi connectivity index (χ1n) is 5.17. The number of nitrogens with zero attached hydrogens (tertiary/aromatic N) is 4. The summed E-state index contributed by atoms with van der Waals surface area (Å²) in [5, 5.41) is 10.1. The summed E-state index contributed by atoms with van der Waals surface area (Å²) >= 11 is 0. The second kappa shape index (κ2) is 5.03. The number of pyridine rings is 1. The van der Waals surface area contributed by atoms with Crippen LogP contribution in [-0.4, -0.2) is 26.5 Å². The second-order valence-electron chi connectivity index (χ2n) is 3.52. The predicted octanol–water partition coefficient (Wildman–Crippen LogP) is 1.80. The van der Waals surface area contributed by atoms with E-state index in [1.54, 1.807) is 10.9 Å². The molecule has 0 aliphatic heterocycles. The predicted molar refractivity (Wildman–Crippen MR) is 57.8 cm³/mol. The molecule has 0 amide bonds. The Balaban J connectivity index is 1.93. The number of aromatic nitrogens is 4. The molecule has 0 saturated carbocycles. The zero-order chi connectivity index (χ0) is 13.0. The van der Waals surface area contributed by atoms with E-state index in [1.807, 2.05) is 0 Å². The Morgan fingerprint density at radius 2 is 2.11 bits per heavy atom. The molecule has 0 unspecified atom stereocenters. The third-order valence-electron chi connectivity index (χ3n) is 2.21. The zero-order valence-corrected chi connectivity index (χ0v) is 9.22. The van der Waals surface area contributed by atoms with Crippen LogP contribution < -0.4 is 5.32 Å². The minimum atomic E-state index is -4.36. The zero-order valence-electron chi connectivity index (χ0n) is 9.22. The monoisotopic (exact) mass is 257 g/mol. The Morgan fingerprint density at radius 3 is 2.78 bits per heavy atom. The Bertz CT molecular complexity index is 494. The highest BCUT2D eigenvalue weighted by Crippen LogP contribution is 2.29. The van der Waals surface area contributed by atoms with Crippen LogP contribution in [0.4, 0.5) is 19.0 Å². The third kappa shape index (κ3) is 3.19.